The quantitative estimate of drug-likeness (QED) is 0.201. The molecule has 0 unspecified atom stereocenters. The van der Waals surface area contributed by atoms with E-state index in [1.807, 2.05) is 0 Å². The summed E-state index contributed by atoms with van der Waals surface area (Å²) >= 11 is 0. The maximum atomic E-state index is 13.5. The molecule has 4 saturated carbocycles. The standard InChI is InChI=1S/C36H54O4/c1-10-11-12-29(37)40-28-16-17-33(6)26(32(28,4)5)15-18-35(8)27(33)14-13-24-25-23-31(2,3)19-21-36(25,30(38)39-9)22-20-34(24,35)7/h1,13,25-28H,11-12,14-23H2,2-9H3/t25-,26-,27+,28-,33-,34+,35+,36-/m0/s1. The van der Waals surface area contributed by atoms with E-state index in [0.29, 0.717) is 24.7 Å². The topological polar surface area (TPSA) is 52.6 Å². The molecule has 0 amide bonds. The van der Waals surface area contributed by atoms with Crippen LogP contribution in [0.4, 0.5) is 0 Å². The molecule has 0 spiro atoms. The van der Waals surface area contributed by atoms with Gasteiger partial charge in [-0.2, -0.15) is 0 Å². The van der Waals surface area contributed by atoms with Gasteiger partial charge < -0.3 is 9.47 Å². The fourth-order valence-corrected chi connectivity index (χ4v) is 11.4. The first kappa shape index (κ1) is 29.7. The van der Waals surface area contributed by atoms with Crippen LogP contribution in [0.5, 0.6) is 0 Å². The van der Waals surface area contributed by atoms with Crippen LogP contribution in [0.1, 0.15) is 126 Å². The highest BCUT2D eigenvalue weighted by molar-refractivity contribution is 5.78. The van der Waals surface area contributed by atoms with Crippen molar-refractivity contribution in [3.63, 3.8) is 0 Å². The molecule has 5 rings (SSSR count). The maximum absolute atomic E-state index is 13.5. The molecule has 4 fully saturated rings. The van der Waals surface area contributed by atoms with Gasteiger partial charge >= 0.3 is 11.9 Å². The summed E-state index contributed by atoms with van der Waals surface area (Å²) in [6, 6.07) is 0. The molecule has 40 heavy (non-hydrogen) atoms. The Kier molecular flexibility index (Phi) is 7.16. The van der Waals surface area contributed by atoms with Gasteiger partial charge in [0.05, 0.1) is 18.9 Å². The molecule has 222 valence electrons. The summed E-state index contributed by atoms with van der Waals surface area (Å²) < 4.78 is 11.6. The fraction of sp³-hybridized carbons (Fsp3) is 0.833. The van der Waals surface area contributed by atoms with Gasteiger partial charge in [-0.1, -0.05) is 60.1 Å². The minimum atomic E-state index is -0.358. The van der Waals surface area contributed by atoms with Crippen molar-refractivity contribution in [2.75, 3.05) is 7.11 Å². The average molecular weight is 551 g/mol. The van der Waals surface area contributed by atoms with Gasteiger partial charge in [-0.05, 0) is 104 Å². The number of rotatable bonds is 4. The number of fused-ring (bicyclic) bond motifs is 7. The van der Waals surface area contributed by atoms with Crippen LogP contribution in [0.15, 0.2) is 11.6 Å². The van der Waals surface area contributed by atoms with Gasteiger partial charge in [0.25, 0.3) is 0 Å². The molecule has 0 bridgehead atoms. The van der Waals surface area contributed by atoms with E-state index in [9.17, 15) is 9.59 Å². The lowest BCUT2D eigenvalue weighted by Gasteiger charge is -2.71. The zero-order chi connectivity index (χ0) is 29.4. The number of terminal acetylenes is 1. The van der Waals surface area contributed by atoms with Crippen LogP contribution in [0.3, 0.4) is 0 Å². The van der Waals surface area contributed by atoms with Crippen molar-refractivity contribution in [2.24, 2.45) is 50.2 Å². The van der Waals surface area contributed by atoms with Crippen LogP contribution in [-0.2, 0) is 19.1 Å². The Morgan fingerprint density at radius 3 is 2.33 bits per heavy atom. The smallest absolute Gasteiger partial charge is 0.312 e. The van der Waals surface area contributed by atoms with E-state index < -0.39 is 0 Å². The normalized spacial score (nSPS) is 44.8. The number of carbonyl (C=O) groups is 2. The van der Waals surface area contributed by atoms with Crippen LogP contribution < -0.4 is 0 Å². The summed E-state index contributed by atoms with van der Waals surface area (Å²) in [5, 5.41) is 0. The van der Waals surface area contributed by atoms with Crippen molar-refractivity contribution in [2.45, 2.75) is 132 Å². The molecule has 0 radical (unpaired) electrons. The van der Waals surface area contributed by atoms with E-state index in [-0.39, 0.29) is 56.5 Å². The number of carbonyl (C=O) groups excluding carboxylic acids is 2. The predicted octanol–water partition coefficient (Wildman–Crippen LogP) is 8.29. The minimum absolute atomic E-state index is 0.0239. The molecular weight excluding hydrogens is 496 g/mol. The minimum Gasteiger partial charge on any atom is -0.469 e. The first-order chi connectivity index (χ1) is 18.6. The molecule has 8 atom stereocenters. The molecule has 0 heterocycles. The first-order valence-corrected chi connectivity index (χ1v) is 16.0. The summed E-state index contributed by atoms with van der Waals surface area (Å²) in [4.78, 5) is 26.0. The van der Waals surface area contributed by atoms with Gasteiger partial charge in [-0.15, -0.1) is 12.3 Å². The summed E-state index contributed by atoms with van der Waals surface area (Å²) in [6.07, 6.45) is 19.3. The van der Waals surface area contributed by atoms with E-state index >= 15 is 0 Å². The van der Waals surface area contributed by atoms with Gasteiger partial charge in [-0.25, -0.2) is 0 Å². The number of allylic oxidation sites excluding steroid dienone is 2. The first-order valence-electron chi connectivity index (χ1n) is 16.0. The molecule has 0 aromatic carbocycles. The van der Waals surface area contributed by atoms with Crippen molar-refractivity contribution >= 4 is 11.9 Å². The Balaban J connectivity index is 1.49. The molecular formula is C36H54O4. The number of ether oxygens (including phenoxy) is 2. The Morgan fingerprint density at radius 2 is 1.65 bits per heavy atom. The second-order valence-corrected chi connectivity index (χ2v) is 16.4. The van der Waals surface area contributed by atoms with E-state index in [4.69, 9.17) is 15.9 Å². The van der Waals surface area contributed by atoms with Gasteiger partial charge in [0.2, 0.25) is 0 Å². The number of hydrogen-bond acceptors (Lipinski definition) is 4. The molecule has 0 aliphatic heterocycles. The molecule has 4 nitrogen and oxygen atoms in total. The monoisotopic (exact) mass is 550 g/mol. The third-order valence-corrected chi connectivity index (χ3v) is 13.9. The van der Waals surface area contributed by atoms with E-state index in [1.54, 1.807) is 12.7 Å². The largest absolute Gasteiger partial charge is 0.469 e. The van der Waals surface area contributed by atoms with Crippen LogP contribution in [0, 0.1) is 62.6 Å². The highest BCUT2D eigenvalue weighted by Crippen LogP contribution is 2.76. The Hall–Kier alpha value is -1.76. The summed E-state index contributed by atoms with van der Waals surface area (Å²) in [6.45, 7) is 17.2. The molecule has 0 aromatic heterocycles. The molecule has 0 saturated heterocycles. The lowest BCUT2D eigenvalue weighted by Crippen LogP contribution is -2.65. The second kappa shape index (κ2) is 9.64. The predicted molar refractivity (Wildman–Crippen MR) is 159 cm³/mol. The van der Waals surface area contributed by atoms with Crippen molar-refractivity contribution < 1.29 is 19.1 Å². The molecule has 0 N–H and O–H groups in total. The van der Waals surface area contributed by atoms with Crippen molar-refractivity contribution in [3.8, 4) is 12.3 Å². The molecule has 4 heteroatoms. The van der Waals surface area contributed by atoms with Crippen LogP contribution in [-0.4, -0.2) is 25.2 Å². The highest BCUT2D eigenvalue weighted by Gasteiger charge is 2.69. The van der Waals surface area contributed by atoms with E-state index in [2.05, 4.69) is 60.5 Å². The van der Waals surface area contributed by atoms with Crippen molar-refractivity contribution in [1.82, 2.24) is 0 Å². The SMILES string of the molecule is C#CCCC(=O)O[C@H]1CC[C@]2(C)[C@H]3CC=C4[C@@H]5CC(C)(C)CC[C@]5(C(=O)OC)CC[C@@]4(C)[C@]3(C)CC[C@H]2C1(C)C. The van der Waals surface area contributed by atoms with Gasteiger partial charge in [-0.3, -0.25) is 9.59 Å². The fourth-order valence-electron chi connectivity index (χ4n) is 11.4. The number of methoxy groups -OCH3 is 1. The Morgan fingerprint density at radius 1 is 0.950 bits per heavy atom. The summed E-state index contributed by atoms with van der Waals surface area (Å²) in [7, 11) is 1.58. The summed E-state index contributed by atoms with van der Waals surface area (Å²) in [5.74, 6) is 3.80. The summed E-state index contributed by atoms with van der Waals surface area (Å²) in [5.41, 5.74) is 1.83. The Labute approximate surface area is 243 Å². The zero-order valence-corrected chi connectivity index (χ0v) is 26.6. The molecule has 0 aromatic rings. The van der Waals surface area contributed by atoms with E-state index in [0.717, 1.165) is 57.8 Å². The third kappa shape index (κ3) is 4.06. The zero-order valence-electron chi connectivity index (χ0n) is 26.6. The Bertz CT molecular complexity index is 1120. The molecule has 5 aliphatic rings. The van der Waals surface area contributed by atoms with Crippen molar-refractivity contribution in [3.05, 3.63) is 11.6 Å². The van der Waals surface area contributed by atoms with Gasteiger partial charge in [0, 0.05) is 11.8 Å². The third-order valence-electron chi connectivity index (χ3n) is 13.9. The average Bonchev–Trinajstić information content (AvgIpc) is 2.88. The van der Waals surface area contributed by atoms with Gasteiger partial charge in [0.15, 0.2) is 0 Å². The molecule has 5 aliphatic carbocycles. The maximum Gasteiger partial charge on any atom is 0.312 e. The van der Waals surface area contributed by atoms with Crippen LogP contribution in [0.2, 0.25) is 0 Å². The number of hydrogen-bond donors (Lipinski definition) is 0. The van der Waals surface area contributed by atoms with Gasteiger partial charge in [0.1, 0.15) is 6.10 Å². The van der Waals surface area contributed by atoms with Crippen molar-refractivity contribution in [1.29, 1.82) is 0 Å². The number of esters is 2. The van der Waals surface area contributed by atoms with Crippen LogP contribution >= 0.6 is 0 Å². The van der Waals surface area contributed by atoms with Crippen LogP contribution in [0.25, 0.3) is 0 Å². The highest BCUT2D eigenvalue weighted by atomic mass is 16.5. The second-order valence-electron chi connectivity index (χ2n) is 16.4. The van der Waals surface area contributed by atoms with E-state index in [1.165, 1.54) is 6.42 Å². The lowest BCUT2D eigenvalue weighted by atomic mass is 9.33. The lowest BCUT2D eigenvalue weighted by molar-refractivity contribution is -0.214.